The first kappa shape index (κ1) is 16.4. The predicted molar refractivity (Wildman–Crippen MR) is 86.4 cm³/mol. The molecule has 2 bridgehead atoms. The summed E-state index contributed by atoms with van der Waals surface area (Å²) in [5, 5.41) is 0. The van der Waals surface area contributed by atoms with Crippen LogP contribution in [0.1, 0.15) is 24.8 Å². The van der Waals surface area contributed by atoms with Crippen LogP contribution in [0.4, 0.5) is 4.39 Å². The molecule has 3 aliphatic rings. The van der Waals surface area contributed by atoms with Gasteiger partial charge in [-0.05, 0) is 36.5 Å². The summed E-state index contributed by atoms with van der Waals surface area (Å²) >= 11 is 0. The van der Waals surface area contributed by atoms with Crippen LogP contribution in [0, 0.1) is 11.7 Å². The fourth-order valence-electron chi connectivity index (χ4n) is 3.79. The molecule has 0 aliphatic carbocycles. The van der Waals surface area contributed by atoms with Crippen molar-refractivity contribution in [1.82, 2.24) is 9.80 Å². The number of carbonyl (C=O) groups is 1. The molecule has 1 aromatic carbocycles. The first-order chi connectivity index (χ1) is 11.2. The molecule has 4 rings (SSSR count). The number of rotatable bonds is 5. The summed E-state index contributed by atoms with van der Waals surface area (Å²) in [6, 6.07) is 7.04. The Hall–Kier alpha value is -1.46. The average molecular weight is 320 g/mol. The zero-order valence-electron chi connectivity index (χ0n) is 13.7. The molecule has 2 atom stereocenters. The van der Waals surface area contributed by atoms with E-state index in [0.717, 1.165) is 38.2 Å². The Morgan fingerprint density at radius 2 is 2.00 bits per heavy atom. The lowest BCUT2D eigenvalue weighted by molar-refractivity contribution is -0.136. The fourth-order valence-corrected chi connectivity index (χ4v) is 3.79. The lowest BCUT2D eigenvalue weighted by Gasteiger charge is -2.36. The Bertz CT molecular complexity index is 534. The molecule has 3 fully saturated rings. The van der Waals surface area contributed by atoms with Crippen molar-refractivity contribution < 1.29 is 13.9 Å². The van der Waals surface area contributed by atoms with E-state index in [2.05, 4.69) is 9.80 Å². The van der Waals surface area contributed by atoms with Crippen molar-refractivity contribution in [2.24, 2.45) is 5.92 Å². The summed E-state index contributed by atoms with van der Waals surface area (Å²) in [7, 11) is 1.63. The van der Waals surface area contributed by atoms with E-state index >= 15 is 0 Å². The predicted octanol–water partition coefficient (Wildman–Crippen LogP) is 2.29. The summed E-state index contributed by atoms with van der Waals surface area (Å²) in [5.41, 5.74) is 1.13. The lowest BCUT2D eigenvalue weighted by atomic mass is 9.95. The van der Waals surface area contributed by atoms with Crippen LogP contribution in [0.25, 0.3) is 0 Å². The van der Waals surface area contributed by atoms with Crippen molar-refractivity contribution in [2.75, 3.05) is 33.4 Å². The van der Waals surface area contributed by atoms with Gasteiger partial charge in [0.05, 0.1) is 13.0 Å². The first-order valence-corrected chi connectivity index (χ1v) is 8.41. The summed E-state index contributed by atoms with van der Waals surface area (Å²) < 4.78 is 18.1. The summed E-state index contributed by atoms with van der Waals surface area (Å²) in [6.45, 7) is 4.11. The van der Waals surface area contributed by atoms with Gasteiger partial charge in [-0.25, -0.2) is 4.39 Å². The third kappa shape index (κ3) is 4.09. The zero-order chi connectivity index (χ0) is 16.2. The van der Waals surface area contributed by atoms with Gasteiger partial charge >= 0.3 is 0 Å². The van der Waals surface area contributed by atoms with Crippen molar-refractivity contribution >= 4 is 5.91 Å². The van der Waals surface area contributed by atoms with Gasteiger partial charge in [0.25, 0.3) is 0 Å². The number of carbonyl (C=O) groups excluding carboxylic acids is 1. The molecule has 4 nitrogen and oxygen atoms in total. The van der Waals surface area contributed by atoms with Crippen LogP contribution in [-0.2, 0) is 16.1 Å². The average Bonchev–Trinajstić information content (AvgIpc) is 2.85. The molecular formula is C18H25FN2O2. The summed E-state index contributed by atoms with van der Waals surface area (Å²) in [6.07, 6.45) is 2.75. The minimum atomic E-state index is -0.195. The number of halogens is 1. The van der Waals surface area contributed by atoms with Gasteiger partial charge in [0.15, 0.2) is 0 Å². The van der Waals surface area contributed by atoms with Crippen LogP contribution in [0.3, 0.4) is 0 Å². The van der Waals surface area contributed by atoms with E-state index in [0.29, 0.717) is 25.0 Å². The molecule has 23 heavy (non-hydrogen) atoms. The highest BCUT2D eigenvalue weighted by Gasteiger charge is 2.36. The Balaban J connectivity index is 1.64. The van der Waals surface area contributed by atoms with Crippen molar-refractivity contribution in [1.29, 1.82) is 0 Å². The van der Waals surface area contributed by atoms with Gasteiger partial charge in [-0.1, -0.05) is 12.1 Å². The van der Waals surface area contributed by atoms with Crippen molar-refractivity contribution in [3.05, 3.63) is 35.6 Å². The lowest BCUT2D eigenvalue weighted by Crippen LogP contribution is -2.47. The van der Waals surface area contributed by atoms with Gasteiger partial charge in [0.1, 0.15) is 5.82 Å². The van der Waals surface area contributed by atoms with Gasteiger partial charge in [-0.2, -0.15) is 0 Å². The molecule has 126 valence electrons. The number of benzene rings is 1. The van der Waals surface area contributed by atoms with Crippen LogP contribution >= 0.6 is 0 Å². The van der Waals surface area contributed by atoms with E-state index in [-0.39, 0.29) is 11.7 Å². The minimum absolute atomic E-state index is 0.195. The van der Waals surface area contributed by atoms with Crippen molar-refractivity contribution in [3.8, 4) is 0 Å². The molecule has 3 saturated heterocycles. The standard InChI is InChI=1S/C18H25FN2O2/c1-23-9-8-18(22)21-12-15-4-7-17(21)13-20(11-15)10-14-2-5-16(19)6-3-14/h2-3,5-6,15,17H,4,7-13H2,1H3/t15-,17+/m1/s1. The number of nitrogens with zero attached hydrogens (tertiary/aromatic N) is 2. The van der Waals surface area contributed by atoms with Crippen LogP contribution < -0.4 is 0 Å². The van der Waals surface area contributed by atoms with Crippen molar-refractivity contribution in [3.63, 3.8) is 0 Å². The molecule has 0 saturated carbocycles. The quantitative estimate of drug-likeness (QED) is 0.834. The van der Waals surface area contributed by atoms with Gasteiger partial charge in [-0.15, -0.1) is 0 Å². The molecule has 0 radical (unpaired) electrons. The number of fused-ring (bicyclic) bond motifs is 4. The molecule has 0 N–H and O–H groups in total. The van der Waals surface area contributed by atoms with Gasteiger partial charge in [0, 0.05) is 39.3 Å². The highest BCUT2D eigenvalue weighted by atomic mass is 19.1. The Morgan fingerprint density at radius 1 is 1.22 bits per heavy atom. The van der Waals surface area contributed by atoms with Gasteiger partial charge < -0.3 is 9.64 Å². The smallest absolute Gasteiger partial charge is 0.225 e. The topological polar surface area (TPSA) is 32.8 Å². The maximum Gasteiger partial charge on any atom is 0.225 e. The zero-order valence-corrected chi connectivity index (χ0v) is 13.7. The molecule has 3 aliphatic heterocycles. The monoisotopic (exact) mass is 320 g/mol. The van der Waals surface area contributed by atoms with Crippen LogP contribution in [0.5, 0.6) is 0 Å². The molecule has 0 aromatic heterocycles. The second-order valence-corrected chi connectivity index (χ2v) is 6.71. The molecule has 3 heterocycles. The summed E-state index contributed by atoms with van der Waals surface area (Å²) in [5.74, 6) is 0.561. The normalized spacial score (nSPS) is 24.7. The molecule has 0 unspecified atom stereocenters. The maximum atomic E-state index is 13.0. The number of piperidine rings is 1. The second-order valence-electron chi connectivity index (χ2n) is 6.71. The van der Waals surface area contributed by atoms with Crippen molar-refractivity contribution in [2.45, 2.75) is 31.8 Å². The minimum Gasteiger partial charge on any atom is -0.384 e. The molecule has 1 amide bonds. The fraction of sp³-hybridized carbons (Fsp3) is 0.611. The number of hydrogen-bond acceptors (Lipinski definition) is 3. The Kier molecular flexibility index (Phi) is 5.28. The summed E-state index contributed by atoms with van der Waals surface area (Å²) in [4.78, 5) is 16.9. The SMILES string of the molecule is COCCC(=O)N1C[C@@H]2CC[C@H]1CN(Cc1ccc(F)cc1)C2. The van der Waals surface area contributed by atoms with E-state index in [1.54, 1.807) is 7.11 Å². The third-order valence-corrected chi connectivity index (χ3v) is 4.95. The second kappa shape index (κ2) is 7.41. The molecule has 0 spiro atoms. The number of methoxy groups -OCH3 is 1. The van der Waals surface area contributed by atoms with Gasteiger partial charge in [-0.3, -0.25) is 9.69 Å². The Morgan fingerprint density at radius 3 is 2.74 bits per heavy atom. The highest BCUT2D eigenvalue weighted by Crippen LogP contribution is 2.29. The number of hydrogen-bond donors (Lipinski definition) is 0. The van der Waals surface area contributed by atoms with E-state index < -0.39 is 0 Å². The van der Waals surface area contributed by atoms with Crippen LogP contribution in [0.2, 0.25) is 0 Å². The number of amides is 1. The molecular weight excluding hydrogens is 295 g/mol. The van der Waals surface area contributed by atoms with E-state index in [1.165, 1.54) is 18.6 Å². The first-order valence-electron chi connectivity index (χ1n) is 8.41. The van der Waals surface area contributed by atoms with E-state index in [4.69, 9.17) is 4.74 Å². The van der Waals surface area contributed by atoms with E-state index in [9.17, 15) is 9.18 Å². The molecule has 1 aromatic rings. The van der Waals surface area contributed by atoms with Crippen LogP contribution in [0.15, 0.2) is 24.3 Å². The Labute approximate surface area is 137 Å². The van der Waals surface area contributed by atoms with Gasteiger partial charge in [0.2, 0.25) is 5.91 Å². The third-order valence-electron chi connectivity index (χ3n) is 4.95. The molecule has 5 heteroatoms. The highest BCUT2D eigenvalue weighted by molar-refractivity contribution is 5.76. The number of ether oxygens (including phenoxy) is 1. The van der Waals surface area contributed by atoms with E-state index in [1.807, 2.05) is 12.1 Å². The largest absolute Gasteiger partial charge is 0.384 e. The maximum absolute atomic E-state index is 13.0. The van der Waals surface area contributed by atoms with Crippen LogP contribution in [-0.4, -0.2) is 55.1 Å².